The third kappa shape index (κ3) is 3.83. The first-order valence-electron chi connectivity index (χ1n) is 10.3. The van der Waals surface area contributed by atoms with Crippen LogP contribution < -0.4 is 0 Å². The fourth-order valence-corrected chi connectivity index (χ4v) is 3.79. The van der Waals surface area contributed by atoms with Gasteiger partial charge >= 0.3 is 5.97 Å². The molecule has 0 saturated carbocycles. The number of benzene rings is 3. The quantitative estimate of drug-likeness (QED) is 0.178. The van der Waals surface area contributed by atoms with Crippen molar-refractivity contribution < 1.29 is 19.2 Å². The second kappa shape index (κ2) is 8.59. The zero-order valence-corrected chi connectivity index (χ0v) is 18.1. The zero-order chi connectivity index (χ0) is 22.8. The molecule has 0 amide bonds. The molecule has 0 aliphatic carbocycles. The minimum absolute atomic E-state index is 0.0141. The van der Waals surface area contributed by atoms with Crippen molar-refractivity contribution in [2.45, 2.75) is 27.3 Å². The van der Waals surface area contributed by atoms with Gasteiger partial charge in [-0.15, -0.1) is 0 Å². The van der Waals surface area contributed by atoms with Crippen LogP contribution in [0.3, 0.4) is 0 Å². The van der Waals surface area contributed by atoms with Crippen LogP contribution in [0.2, 0.25) is 0 Å². The lowest BCUT2D eigenvalue weighted by molar-refractivity contribution is 0.0515. The summed E-state index contributed by atoms with van der Waals surface area (Å²) in [5.74, 6) is -0.983. The summed E-state index contributed by atoms with van der Waals surface area (Å²) in [6.45, 7) is 5.84. The van der Waals surface area contributed by atoms with Gasteiger partial charge in [0.05, 0.1) is 5.56 Å². The molecule has 6 heteroatoms. The molecular weight excluding hydrogens is 404 g/mol. The Morgan fingerprint density at radius 1 is 0.812 bits per heavy atom. The van der Waals surface area contributed by atoms with Gasteiger partial charge in [0.1, 0.15) is 5.71 Å². The number of aromatic nitrogens is 1. The summed E-state index contributed by atoms with van der Waals surface area (Å²) >= 11 is 0. The monoisotopic (exact) mass is 426 g/mol. The molecule has 0 aliphatic heterocycles. The largest absolute Gasteiger partial charge is 0.365 e. The first-order valence-corrected chi connectivity index (χ1v) is 10.3. The summed E-state index contributed by atoms with van der Waals surface area (Å²) in [6, 6.07) is 19.5. The molecule has 0 aliphatic rings. The smallest absolute Gasteiger partial charge is 0.341 e. The van der Waals surface area contributed by atoms with E-state index in [4.69, 9.17) is 4.84 Å². The van der Waals surface area contributed by atoms with Crippen LogP contribution in [0.5, 0.6) is 0 Å². The van der Waals surface area contributed by atoms with Crippen molar-refractivity contribution in [1.29, 1.82) is 0 Å². The maximum absolute atomic E-state index is 12.9. The number of Topliss-reactive ketones (excluding diaryl/α,β-unsaturated/α-hetero) is 2. The van der Waals surface area contributed by atoms with Crippen molar-refractivity contribution in [1.82, 2.24) is 4.57 Å². The van der Waals surface area contributed by atoms with Crippen molar-refractivity contribution in [3.8, 4) is 0 Å². The van der Waals surface area contributed by atoms with Crippen molar-refractivity contribution in [3.05, 3.63) is 83.4 Å². The molecule has 1 aromatic heterocycles. The number of ketones is 2. The van der Waals surface area contributed by atoms with E-state index >= 15 is 0 Å². The van der Waals surface area contributed by atoms with Crippen LogP contribution in [0.1, 0.15) is 51.8 Å². The second-order valence-electron chi connectivity index (χ2n) is 7.51. The lowest BCUT2D eigenvalue weighted by Crippen LogP contribution is -2.12. The van der Waals surface area contributed by atoms with E-state index in [0.29, 0.717) is 16.7 Å². The van der Waals surface area contributed by atoms with Gasteiger partial charge in [-0.05, 0) is 69.3 Å². The summed E-state index contributed by atoms with van der Waals surface area (Å²) in [4.78, 5) is 41.8. The molecular formula is C26H22N2O4. The Labute approximate surface area is 185 Å². The Morgan fingerprint density at radius 2 is 1.41 bits per heavy atom. The van der Waals surface area contributed by atoms with E-state index in [1.165, 1.54) is 13.8 Å². The summed E-state index contributed by atoms with van der Waals surface area (Å²) in [6.07, 6.45) is 0. The molecule has 0 radical (unpaired) electrons. The molecule has 0 unspecified atom stereocenters. The average molecular weight is 426 g/mol. The number of aryl methyl sites for hydroxylation is 1. The van der Waals surface area contributed by atoms with E-state index < -0.39 is 5.97 Å². The Bertz CT molecular complexity index is 1400. The van der Waals surface area contributed by atoms with Crippen LogP contribution in [-0.2, 0) is 11.4 Å². The van der Waals surface area contributed by atoms with Crippen LogP contribution in [0.4, 0.5) is 0 Å². The highest BCUT2D eigenvalue weighted by Gasteiger charge is 2.17. The lowest BCUT2D eigenvalue weighted by Gasteiger charge is -2.04. The highest BCUT2D eigenvalue weighted by atomic mass is 16.7. The van der Waals surface area contributed by atoms with Gasteiger partial charge in [0.25, 0.3) is 0 Å². The highest BCUT2D eigenvalue weighted by Crippen LogP contribution is 2.31. The van der Waals surface area contributed by atoms with Gasteiger partial charge < -0.3 is 9.40 Å². The van der Waals surface area contributed by atoms with Gasteiger partial charge in [0.2, 0.25) is 5.78 Å². The van der Waals surface area contributed by atoms with Crippen molar-refractivity contribution in [2.24, 2.45) is 5.16 Å². The molecule has 0 fully saturated rings. The number of hydrogen-bond acceptors (Lipinski definition) is 5. The Kier molecular flexibility index (Phi) is 5.69. The van der Waals surface area contributed by atoms with Crippen molar-refractivity contribution in [3.63, 3.8) is 0 Å². The number of oxime groups is 1. The minimum Gasteiger partial charge on any atom is -0.341 e. The van der Waals surface area contributed by atoms with Crippen LogP contribution in [-0.4, -0.2) is 27.8 Å². The third-order valence-corrected chi connectivity index (χ3v) is 5.45. The number of hydrogen-bond donors (Lipinski definition) is 0. The summed E-state index contributed by atoms with van der Waals surface area (Å²) in [5, 5.41) is 5.54. The molecule has 0 atom stereocenters. The van der Waals surface area contributed by atoms with Gasteiger partial charge in [0, 0.05) is 39.5 Å². The molecule has 6 nitrogen and oxygen atoms in total. The molecule has 32 heavy (non-hydrogen) atoms. The maximum atomic E-state index is 12.9. The van der Waals surface area contributed by atoms with E-state index in [0.717, 1.165) is 28.4 Å². The predicted molar refractivity (Wildman–Crippen MR) is 124 cm³/mol. The van der Waals surface area contributed by atoms with E-state index in [1.54, 1.807) is 42.5 Å². The number of nitrogens with zero attached hydrogens (tertiary/aromatic N) is 2. The molecule has 0 bridgehead atoms. The molecule has 0 saturated heterocycles. The number of carbonyl (C=O) groups excluding carboxylic acids is 3. The molecule has 1 heterocycles. The van der Waals surface area contributed by atoms with E-state index in [-0.39, 0.29) is 17.3 Å². The van der Waals surface area contributed by atoms with Gasteiger partial charge in [-0.25, -0.2) is 4.79 Å². The van der Waals surface area contributed by atoms with Gasteiger partial charge in [-0.3, -0.25) is 9.59 Å². The van der Waals surface area contributed by atoms with E-state index in [1.807, 2.05) is 24.3 Å². The molecule has 160 valence electrons. The van der Waals surface area contributed by atoms with Crippen LogP contribution in [0.15, 0.2) is 71.9 Å². The Morgan fingerprint density at radius 3 is 2.00 bits per heavy atom. The number of fused-ring (bicyclic) bond motifs is 3. The number of carbonyl (C=O) groups is 3. The molecule has 0 spiro atoms. The zero-order valence-electron chi connectivity index (χ0n) is 18.1. The number of rotatable bonds is 6. The standard InChI is InChI=1S/C26H22N2O4/c1-4-28-23-12-10-19(17(3)29)14-21(23)22-15-20(11-13-24(22)28)25(30)16(2)27-32-26(31)18-8-6-5-7-9-18/h5-15H,4H2,1-3H3. The predicted octanol–water partition coefficient (Wildman–Crippen LogP) is 5.43. The van der Waals surface area contributed by atoms with E-state index in [9.17, 15) is 14.4 Å². The van der Waals surface area contributed by atoms with Crippen LogP contribution in [0.25, 0.3) is 21.8 Å². The third-order valence-electron chi connectivity index (χ3n) is 5.45. The molecule has 0 N–H and O–H groups in total. The van der Waals surface area contributed by atoms with Gasteiger partial charge in [0.15, 0.2) is 5.78 Å². The summed E-state index contributed by atoms with van der Waals surface area (Å²) in [7, 11) is 0. The average Bonchev–Trinajstić information content (AvgIpc) is 3.14. The molecule has 3 aromatic carbocycles. The first kappa shape index (κ1) is 21.2. The normalized spacial score (nSPS) is 11.7. The SMILES string of the molecule is CCn1c2ccc(C(C)=O)cc2c2cc(C(=O)C(C)=NOC(=O)c3ccccc3)ccc21. The topological polar surface area (TPSA) is 77.7 Å². The second-order valence-corrected chi connectivity index (χ2v) is 7.51. The Hall–Kier alpha value is -4.06. The first-order chi connectivity index (χ1) is 15.4. The van der Waals surface area contributed by atoms with Crippen molar-refractivity contribution >= 4 is 45.1 Å². The van der Waals surface area contributed by atoms with E-state index in [2.05, 4.69) is 16.6 Å². The van der Waals surface area contributed by atoms with Gasteiger partial charge in [-0.2, -0.15) is 0 Å². The summed E-state index contributed by atoms with van der Waals surface area (Å²) < 4.78 is 2.14. The maximum Gasteiger partial charge on any atom is 0.365 e. The van der Waals surface area contributed by atoms with Gasteiger partial charge in [-0.1, -0.05) is 23.4 Å². The lowest BCUT2D eigenvalue weighted by atomic mass is 10.0. The Balaban J connectivity index is 1.70. The van der Waals surface area contributed by atoms with Crippen molar-refractivity contribution in [2.75, 3.05) is 0 Å². The minimum atomic E-state index is -0.629. The highest BCUT2D eigenvalue weighted by molar-refractivity contribution is 6.45. The van der Waals surface area contributed by atoms with Crippen LogP contribution in [0, 0.1) is 0 Å². The summed E-state index contributed by atoms with van der Waals surface area (Å²) in [5.41, 5.74) is 3.45. The molecule has 4 aromatic rings. The fourth-order valence-electron chi connectivity index (χ4n) is 3.79. The van der Waals surface area contributed by atoms with Crippen LogP contribution >= 0.6 is 0 Å². The fraction of sp³-hybridized carbons (Fsp3) is 0.154. The molecule has 4 rings (SSSR count).